The highest BCUT2D eigenvalue weighted by molar-refractivity contribution is 5.93. The van der Waals surface area contributed by atoms with Gasteiger partial charge >= 0.3 is 0 Å². The maximum absolute atomic E-state index is 12.6. The summed E-state index contributed by atoms with van der Waals surface area (Å²) >= 11 is 0. The first-order valence-corrected chi connectivity index (χ1v) is 9.67. The summed E-state index contributed by atoms with van der Waals surface area (Å²) in [7, 11) is 0. The van der Waals surface area contributed by atoms with Crippen molar-refractivity contribution in [2.24, 2.45) is 0 Å². The Morgan fingerprint density at radius 3 is 2.83 bits per heavy atom. The second kappa shape index (κ2) is 6.84. The minimum absolute atomic E-state index is 0.0555. The number of benzene rings is 1. The number of carbonyl (C=O) groups excluding carboxylic acids is 1. The summed E-state index contributed by atoms with van der Waals surface area (Å²) in [4.78, 5) is 42.0. The highest BCUT2D eigenvalue weighted by atomic mass is 16.2. The van der Waals surface area contributed by atoms with Crippen molar-refractivity contribution in [2.75, 3.05) is 17.2 Å². The van der Waals surface area contributed by atoms with Gasteiger partial charge in [-0.15, -0.1) is 0 Å². The summed E-state index contributed by atoms with van der Waals surface area (Å²) in [5.74, 6) is -0.204. The van der Waals surface area contributed by atoms with Gasteiger partial charge in [0.1, 0.15) is 22.7 Å². The Balaban J connectivity index is 1.31. The number of pyridine rings is 1. The maximum Gasteiger partial charge on any atom is 0.270 e. The Bertz CT molecular complexity index is 1360. The second-order valence-corrected chi connectivity index (χ2v) is 7.45. The van der Waals surface area contributed by atoms with Crippen LogP contribution in [0.1, 0.15) is 27.2 Å². The van der Waals surface area contributed by atoms with Crippen molar-refractivity contribution in [1.82, 2.24) is 14.7 Å². The minimum atomic E-state index is -0.598. The summed E-state index contributed by atoms with van der Waals surface area (Å²) < 4.78 is 1.75. The first-order valence-electron chi connectivity index (χ1n) is 9.67. The lowest BCUT2D eigenvalue weighted by Gasteiger charge is -2.32. The average Bonchev–Trinajstić information content (AvgIpc) is 3.21. The molecule has 5 rings (SSSR count). The highest BCUT2D eigenvalue weighted by Crippen LogP contribution is 2.26. The summed E-state index contributed by atoms with van der Waals surface area (Å²) in [6.45, 7) is 1.53. The van der Waals surface area contributed by atoms with Gasteiger partial charge < -0.3 is 16.0 Å². The summed E-state index contributed by atoms with van der Waals surface area (Å²) in [5, 5.41) is 2.94. The zero-order valence-electron chi connectivity index (χ0n) is 16.1. The van der Waals surface area contributed by atoms with E-state index in [4.69, 9.17) is 5.73 Å². The van der Waals surface area contributed by atoms with E-state index < -0.39 is 10.9 Å². The molecule has 2 aromatic carbocycles. The van der Waals surface area contributed by atoms with Crippen molar-refractivity contribution in [2.45, 2.75) is 19.5 Å². The van der Waals surface area contributed by atoms with E-state index >= 15 is 0 Å². The fourth-order valence-electron chi connectivity index (χ4n) is 4.00. The van der Waals surface area contributed by atoms with Crippen LogP contribution >= 0.6 is 0 Å². The molecule has 4 aromatic rings. The van der Waals surface area contributed by atoms with Crippen LogP contribution in [0.2, 0.25) is 0 Å². The molecule has 150 valence electrons. The molecule has 30 heavy (non-hydrogen) atoms. The molecule has 0 unspecified atom stereocenters. The molecule has 0 saturated heterocycles. The molecule has 0 atom stereocenters. The van der Waals surface area contributed by atoms with E-state index in [1.807, 2.05) is 41.3 Å². The van der Waals surface area contributed by atoms with Crippen molar-refractivity contribution in [1.29, 1.82) is 0 Å². The van der Waals surface area contributed by atoms with Crippen molar-refractivity contribution in [3.63, 3.8) is 0 Å². The number of nitrogens with one attached hydrogen (secondary N) is 1. The third-order valence-electron chi connectivity index (χ3n) is 5.62. The van der Waals surface area contributed by atoms with Crippen LogP contribution in [0.15, 0.2) is 58.4 Å². The van der Waals surface area contributed by atoms with E-state index in [1.165, 1.54) is 5.56 Å². The van der Waals surface area contributed by atoms with Crippen molar-refractivity contribution >= 4 is 22.9 Å². The van der Waals surface area contributed by atoms with Crippen molar-refractivity contribution < 1.29 is 4.79 Å². The summed E-state index contributed by atoms with van der Waals surface area (Å²) in [5.41, 5.74) is 9.41. The third kappa shape index (κ3) is 2.85. The van der Waals surface area contributed by atoms with E-state index in [-0.39, 0.29) is 11.6 Å². The van der Waals surface area contributed by atoms with Crippen molar-refractivity contribution in [3.05, 3.63) is 91.6 Å². The van der Waals surface area contributed by atoms with Gasteiger partial charge in [-0.05, 0) is 35.2 Å². The Labute approximate surface area is 171 Å². The van der Waals surface area contributed by atoms with Crippen LogP contribution in [0.4, 0.5) is 11.4 Å². The van der Waals surface area contributed by atoms with Gasteiger partial charge in [0.05, 0.1) is 6.20 Å². The van der Waals surface area contributed by atoms with Crippen molar-refractivity contribution in [3.8, 4) is 0 Å². The van der Waals surface area contributed by atoms with Gasteiger partial charge in [-0.2, -0.15) is 0 Å². The first kappa shape index (κ1) is 18.1. The molecule has 1 aliphatic heterocycles. The number of imidazole rings is 1. The van der Waals surface area contributed by atoms with E-state index in [2.05, 4.69) is 10.3 Å². The standard InChI is InChI=1S/C22H19N5O3/c23-18-19(21(29)20(18)28)26-8-6-14-5-4-13(9-15(14)12-26)10-25-22(30)16-11-24-17-3-1-2-7-27(16)17/h1-5,7,9,11H,6,8,10,12,23H2,(H,25,30). The molecule has 3 heterocycles. The number of fused-ring (bicyclic) bond motifs is 2. The SMILES string of the molecule is Nc1c(N2CCc3ccc(CNC(=O)c4cnc5ccccn45)cc3C2)c(=O)c1=O. The summed E-state index contributed by atoms with van der Waals surface area (Å²) in [6, 6.07) is 11.6. The minimum Gasteiger partial charge on any atom is -0.394 e. The number of hydrogen-bond acceptors (Lipinski definition) is 6. The van der Waals surface area contributed by atoms with Gasteiger partial charge in [0.25, 0.3) is 16.8 Å². The fourth-order valence-corrected chi connectivity index (χ4v) is 4.00. The van der Waals surface area contributed by atoms with E-state index in [0.717, 1.165) is 17.5 Å². The molecule has 0 radical (unpaired) electrons. The number of aromatic nitrogens is 2. The van der Waals surface area contributed by atoms with Crippen LogP contribution in [-0.2, 0) is 19.5 Å². The van der Waals surface area contributed by atoms with Gasteiger partial charge in [0, 0.05) is 25.8 Å². The number of nitrogens with two attached hydrogens (primary N) is 1. The summed E-state index contributed by atoms with van der Waals surface area (Å²) in [6.07, 6.45) is 4.13. The topological polar surface area (TPSA) is 110 Å². The van der Waals surface area contributed by atoms with Gasteiger partial charge in [0.2, 0.25) is 0 Å². The maximum atomic E-state index is 12.6. The van der Waals surface area contributed by atoms with Gasteiger partial charge in [-0.1, -0.05) is 24.3 Å². The third-order valence-corrected chi connectivity index (χ3v) is 5.62. The van der Waals surface area contributed by atoms with E-state index in [1.54, 1.807) is 16.8 Å². The van der Waals surface area contributed by atoms with Crippen LogP contribution in [-0.4, -0.2) is 21.8 Å². The number of nitrogen functional groups attached to an aromatic ring is 1. The Morgan fingerprint density at radius 2 is 2.00 bits per heavy atom. The molecule has 0 bridgehead atoms. The average molecular weight is 401 g/mol. The largest absolute Gasteiger partial charge is 0.394 e. The lowest BCUT2D eigenvalue weighted by atomic mass is 9.96. The molecule has 8 nitrogen and oxygen atoms in total. The fraction of sp³-hybridized carbons (Fsp3) is 0.182. The Hall–Kier alpha value is -3.94. The predicted octanol–water partition coefficient (Wildman–Crippen LogP) is 1.01. The number of hydrogen-bond donors (Lipinski definition) is 2. The molecular formula is C22H19N5O3. The molecule has 1 amide bonds. The van der Waals surface area contributed by atoms with Crippen LogP contribution in [0.5, 0.6) is 0 Å². The Morgan fingerprint density at radius 1 is 1.13 bits per heavy atom. The molecular weight excluding hydrogens is 382 g/mol. The van der Waals surface area contributed by atoms with Crippen LogP contribution in [0, 0.1) is 0 Å². The Kier molecular flexibility index (Phi) is 4.13. The van der Waals surface area contributed by atoms with Crippen LogP contribution < -0.4 is 26.8 Å². The van der Waals surface area contributed by atoms with Gasteiger partial charge in [-0.3, -0.25) is 18.8 Å². The monoisotopic (exact) mass is 401 g/mol. The smallest absolute Gasteiger partial charge is 0.270 e. The van der Waals surface area contributed by atoms with E-state index in [9.17, 15) is 14.4 Å². The molecule has 2 aromatic heterocycles. The second-order valence-electron chi connectivity index (χ2n) is 7.45. The lowest BCUT2D eigenvalue weighted by Crippen LogP contribution is -2.44. The molecule has 0 aliphatic carbocycles. The first-order chi connectivity index (χ1) is 14.5. The number of rotatable bonds is 4. The number of amides is 1. The van der Waals surface area contributed by atoms with Gasteiger partial charge in [-0.25, -0.2) is 4.98 Å². The molecule has 0 saturated carbocycles. The normalized spacial score (nSPS) is 13.5. The molecule has 8 heteroatoms. The van der Waals surface area contributed by atoms with Crippen LogP contribution in [0.25, 0.3) is 5.65 Å². The zero-order valence-corrected chi connectivity index (χ0v) is 16.1. The molecule has 0 fully saturated rings. The van der Waals surface area contributed by atoms with Crippen LogP contribution in [0.3, 0.4) is 0 Å². The zero-order chi connectivity index (χ0) is 20.8. The number of nitrogens with zero attached hydrogens (tertiary/aromatic N) is 3. The number of anilines is 2. The highest BCUT2D eigenvalue weighted by Gasteiger charge is 2.26. The molecule has 1 aliphatic rings. The predicted molar refractivity (Wildman–Crippen MR) is 113 cm³/mol. The van der Waals surface area contributed by atoms with E-state index in [0.29, 0.717) is 36.7 Å². The number of carbonyl (C=O) groups is 1. The van der Waals surface area contributed by atoms with Gasteiger partial charge in [0.15, 0.2) is 0 Å². The molecule has 0 spiro atoms. The molecule has 3 N–H and O–H groups in total. The lowest BCUT2D eigenvalue weighted by molar-refractivity contribution is 0.0945. The quantitative estimate of drug-likeness (QED) is 0.494.